The number of carbonyl (C=O) groups is 1. The van der Waals surface area contributed by atoms with Gasteiger partial charge in [0.25, 0.3) is 0 Å². The van der Waals surface area contributed by atoms with E-state index in [9.17, 15) is 4.79 Å². The minimum absolute atomic E-state index is 0.00306. The number of hydrogen-bond acceptors (Lipinski definition) is 3. The fraction of sp³-hybridized carbons (Fsp3) is 0.529. The van der Waals surface area contributed by atoms with Crippen molar-refractivity contribution in [1.29, 1.82) is 5.26 Å². The quantitative estimate of drug-likeness (QED) is 0.837. The molecule has 0 radical (unpaired) electrons. The van der Waals surface area contributed by atoms with E-state index in [2.05, 4.69) is 44.1 Å². The number of rotatable bonds is 7. The molecule has 0 fully saturated rings. The van der Waals surface area contributed by atoms with Gasteiger partial charge < -0.3 is 10.2 Å². The summed E-state index contributed by atoms with van der Waals surface area (Å²) in [5, 5.41) is 11.6. The van der Waals surface area contributed by atoms with Crippen molar-refractivity contribution in [2.75, 3.05) is 18.9 Å². The Hall–Kier alpha value is -1.86. The van der Waals surface area contributed by atoms with Crippen molar-refractivity contribution in [2.45, 2.75) is 39.7 Å². The Kier molecular flexibility index (Phi) is 6.90. The molecule has 0 aliphatic rings. The van der Waals surface area contributed by atoms with Crippen LogP contribution in [-0.4, -0.2) is 30.4 Å². The molecule has 1 rings (SSSR count). The van der Waals surface area contributed by atoms with Crippen LogP contribution in [0, 0.1) is 17.2 Å². The van der Waals surface area contributed by atoms with Crippen molar-refractivity contribution in [3.05, 3.63) is 29.8 Å². The van der Waals surface area contributed by atoms with E-state index in [1.807, 2.05) is 0 Å². The number of nitrogens with one attached hydrogen (secondary N) is 1. The largest absolute Gasteiger partial charge is 0.326 e. The molecule has 0 saturated carbocycles. The second kappa shape index (κ2) is 8.43. The van der Waals surface area contributed by atoms with Gasteiger partial charge in [-0.2, -0.15) is 5.26 Å². The van der Waals surface area contributed by atoms with E-state index >= 15 is 0 Å². The predicted octanol–water partition coefficient (Wildman–Crippen LogP) is 3.25. The highest BCUT2D eigenvalue weighted by Crippen LogP contribution is 2.11. The van der Waals surface area contributed by atoms with Gasteiger partial charge in [-0.05, 0) is 50.6 Å². The number of anilines is 1. The molecule has 1 N–H and O–H groups in total. The maximum atomic E-state index is 11.9. The van der Waals surface area contributed by atoms with E-state index in [0.29, 0.717) is 23.9 Å². The third kappa shape index (κ3) is 6.42. The van der Waals surface area contributed by atoms with Crippen molar-refractivity contribution in [3.63, 3.8) is 0 Å². The average molecular weight is 287 g/mol. The van der Waals surface area contributed by atoms with Crippen molar-refractivity contribution in [3.8, 4) is 6.07 Å². The SMILES string of the molecule is CC(C)CC(C)N(C)CCC(=O)Nc1ccc(C#N)cc1. The van der Waals surface area contributed by atoms with E-state index < -0.39 is 0 Å². The summed E-state index contributed by atoms with van der Waals surface area (Å²) in [7, 11) is 2.06. The second-order valence-corrected chi connectivity index (χ2v) is 5.95. The maximum absolute atomic E-state index is 11.9. The zero-order valence-corrected chi connectivity index (χ0v) is 13.4. The molecular weight excluding hydrogens is 262 g/mol. The molecule has 114 valence electrons. The Labute approximate surface area is 127 Å². The van der Waals surface area contributed by atoms with Gasteiger partial charge in [0, 0.05) is 24.7 Å². The molecule has 0 aliphatic carbocycles. The smallest absolute Gasteiger partial charge is 0.225 e. The van der Waals surface area contributed by atoms with E-state index in [1.54, 1.807) is 24.3 Å². The summed E-state index contributed by atoms with van der Waals surface area (Å²) in [6, 6.07) is 9.44. The van der Waals surface area contributed by atoms with Crippen molar-refractivity contribution < 1.29 is 4.79 Å². The molecule has 0 aliphatic heterocycles. The number of carbonyl (C=O) groups excluding carboxylic acids is 1. The van der Waals surface area contributed by atoms with Crippen LogP contribution in [0.4, 0.5) is 5.69 Å². The van der Waals surface area contributed by atoms with Crippen molar-refractivity contribution >= 4 is 11.6 Å². The number of nitriles is 1. The van der Waals surface area contributed by atoms with Crippen LogP contribution in [0.15, 0.2) is 24.3 Å². The summed E-state index contributed by atoms with van der Waals surface area (Å²) in [6.07, 6.45) is 1.60. The Morgan fingerprint density at radius 3 is 2.43 bits per heavy atom. The van der Waals surface area contributed by atoms with Gasteiger partial charge >= 0.3 is 0 Å². The standard InChI is InChI=1S/C17H25N3O/c1-13(2)11-14(3)20(4)10-9-17(21)19-16-7-5-15(12-18)6-8-16/h5-8,13-14H,9-11H2,1-4H3,(H,19,21). The summed E-state index contributed by atoms with van der Waals surface area (Å²) >= 11 is 0. The minimum Gasteiger partial charge on any atom is -0.326 e. The highest BCUT2D eigenvalue weighted by atomic mass is 16.1. The van der Waals surface area contributed by atoms with Crippen LogP contribution in [0.25, 0.3) is 0 Å². The highest BCUT2D eigenvalue weighted by Gasteiger charge is 2.12. The maximum Gasteiger partial charge on any atom is 0.225 e. The normalized spacial score (nSPS) is 12.2. The predicted molar refractivity (Wildman–Crippen MR) is 86.0 cm³/mol. The van der Waals surface area contributed by atoms with Gasteiger partial charge in [-0.1, -0.05) is 13.8 Å². The molecule has 1 amide bonds. The summed E-state index contributed by atoms with van der Waals surface area (Å²) in [5.41, 5.74) is 1.33. The minimum atomic E-state index is 0.00306. The fourth-order valence-corrected chi connectivity index (χ4v) is 2.21. The van der Waals surface area contributed by atoms with Crippen LogP contribution in [0.3, 0.4) is 0 Å². The summed E-state index contributed by atoms with van der Waals surface area (Å²) in [5.74, 6) is 0.665. The Morgan fingerprint density at radius 2 is 1.90 bits per heavy atom. The topological polar surface area (TPSA) is 56.1 Å². The number of hydrogen-bond donors (Lipinski definition) is 1. The lowest BCUT2D eigenvalue weighted by Crippen LogP contribution is -2.33. The van der Waals surface area contributed by atoms with E-state index in [-0.39, 0.29) is 5.91 Å². The fourth-order valence-electron chi connectivity index (χ4n) is 2.21. The zero-order chi connectivity index (χ0) is 15.8. The van der Waals surface area contributed by atoms with Crippen molar-refractivity contribution in [1.82, 2.24) is 4.90 Å². The van der Waals surface area contributed by atoms with Crippen LogP contribution in [-0.2, 0) is 4.79 Å². The molecule has 0 bridgehead atoms. The number of amides is 1. The van der Waals surface area contributed by atoms with E-state index in [4.69, 9.17) is 5.26 Å². The van der Waals surface area contributed by atoms with Gasteiger partial charge in [-0.25, -0.2) is 0 Å². The third-order valence-electron chi connectivity index (χ3n) is 3.55. The first-order valence-corrected chi connectivity index (χ1v) is 7.42. The Morgan fingerprint density at radius 1 is 1.29 bits per heavy atom. The summed E-state index contributed by atoms with van der Waals surface area (Å²) in [4.78, 5) is 14.1. The molecule has 4 nitrogen and oxygen atoms in total. The lowest BCUT2D eigenvalue weighted by atomic mass is 10.0. The van der Waals surface area contributed by atoms with Crippen LogP contribution in [0.1, 0.15) is 39.2 Å². The molecule has 0 heterocycles. The van der Waals surface area contributed by atoms with E-state index in [0.717, 1.165) is 18.7 Å². The molecular formula is C17H25N3O. The summed E-state index contributed by atoms with van der Waals surface area (Å²) in [6.45, 7) is 7.36. The first-order valence-electron chi connectivity index (χ1n) is 7.42. The second-order valence-electron chi connectivity index (χ2n) is 5.95. The third-order valence-corrected chi connectivity index (χ3v) is 3.55. The highest BCUT2D eigenvalue weighted by molar-refractivity contribution is 5.90. The molecule has 1 unspecified atom stereocenters. The van der Waals surface area contributed by atoms with Gasteiger partial charge in [0.1, 0.15) is 0 Å². The van der Waals surface area contributed by atoms with Gasteiger partial charge in [0.05, 0.1) is 11.6 Å². The number of nitrogens with zero attached hydrogens (tertiary/aromatic N) is 2. The summed E-state index contributed by atoms with van der Waals surface area (Å²) < 4.78 is 0. The molecule has 0 aromatic heterocycles. The zero-order valence-electron chi connectivity index (χ0n) is 13.4. The molecule has 4 heteroatoms. The first-order chi connectivity index (χ1) is 9.92. The molecule has 1 aromatic carbocycles. The first kappa shape index (κ1) is 17.2. The average Bonchev–Trinajstić information content (AvgIpc) is 2.44. The monoisotopic (exact) mass is 287 g/mol. The molecule has 0 spiro atoms. The van der Waals surface area contributed by atoms with Crippen LogP contribution < -0.4 is 5.32 Å². The van der Waals surface area contributed by atoms with Gasteiger partial charge in [0.2, 0.25) is 5.91 Å². The van der Waals surface area contributed by atoms with Gasteiger partial charge in [-0.3, -0.25) is 4.79 Å². The Balaban J connectivity index is 2.38. The van der Waals surface area contributed by atoms with Crippen LogP contribution >= 0.6 is 0 Å². The lowest BCUT2D eigenvalue weighted by Gasteiger charge is -2.25. The lowest BCUT2D eigenvalue weighted by molar-refractivity contribution is -0.116. The molecule has 0 saturated heterocycles. The Bertz CT molecular complexity index is 488. The number of benzene rings is 1. The van der Waals surface area contributed by atoms with Crippen LogP contribution in [0.5, 0.6) is 0 Å². The van der Waals surface area contributed by atoms with Gasteiger partial charge in [-0.15, -0.1) is 0 Å². The van der Waals surface area contributed by atoms with E-state index in [1.165, 1.54) is 0 Å². The molecule has 1 aromatic rings. The molecule has 21 heavy (non-hydrogen) atoms. The van der Waals surface area contributed by atoms with Crippen molar-refractivity contribution in [2.24, 2.45) is 5.92 Å². The van der Waals surface area contributed by atoms with Gasteiger partial charge in [0.15, 0.2) is 0 Å². The molecule has 1 atom stereocenters. The van der Waals surface area contributed by atoms with Crippen LogP contribution in [0.2, 0.25) is 0 Å².